The Labute approximate surface area is 172 Å². The van der Waals surface area contributed by atoms with Gasteiger partial charge in [0.15, 0.2) is 5.82 Å². The summed E-state index contributed by atoms with van der Waals surface area (Å²) in [6.45, 7) is 3.84. The highest BCUT2D eigenvalue weighted by molar-refractivity contribution is 9.10. The molecule has 0 spiro atoms. The zero-order chi connectivity index (χ0) is 19.7. The molecular weight excluding hydrogens is 444 g/mol. The third kappa shape index (κ3) is 3.80. The van der Waals surface area contributed by atoms with Gasteiger partial charge in [0.2, 0.25) is 10.0 Å². The number of nitrogens with zero attached hydrogens (tertiary/aromatic N) is 6. The van der Waals surface area contributed by atoms with E-state index in [4.69, 9.17) is 0 Å². The van der Waals surface area contributed by atoms with Gasteiger partial charge < -0.3 is 4.90 Å². The Morgan fingerprint density at radius 3 is 2.29 bits per heavy atom. The molecule has 1 aliphatic heterocycles. The molecule has 10 heteroatoms. The lowest BCUT2D eigenvalue weighted by atomic mass is 10.3. The van der Waals surface area contributed by atoms with Crippen molar-refractivity contribution in [2.45, 2.75) is 11.8 Å². The van der Waals surface area contributed by atoms with E-state index in [1.165, 1.54) is 10.6 Å². The summed E-state index contributed by atoms with van der Waals surface area (Å²) in [5, 5.41) is 4.37. The predicted octanol–water partition coefficient (Wildman–Crippen LogP) is 2.24. The van der Waals surface area contributed by atoms with Crippen LogP contribution in [0.15, 0.2) is 58.3 Å². The molecule has 0 N–H and O–H groups in total. The number of aryl methyl sites for hydroxylation is 1. The number of piperazine rings is 1. The van der Waals surface area contributed by atoms with E-state index in [0.29, 0.717) is 36.9 Å². The van der Waals surface area contributed by atoms with Crippen LogP contribution < -0.4 is 4.90 Å². The maximum atomic E-state index is 12.8. The molecule has 1 aliphatic rings. The Kier molecular flexibility index (Phi) is 5.17. The van der Waals surface area contributed by atoms with Gasteiger partial charge in [0.25, 0.3) is 0 Å². The molecule has 146 valence electrons. The second kappa shape index (κ2) is 7.61. The number of aromatic nitrogens is 4. The van der Waals surface area contributed by atoms with E-state index in [1.54, 1.807) is 28.9 Å². The average molecular weight is 463 g/mol. The summed E-state index contributed by atoms with van der Waals surface area (Å²) in [4.78, 5) is 11.0. The van der Waals surface area contributed by atoms with Crippen LogP contribution in [0.2, 0.25) is 0 Å². The Morgan fingerprint density at radius 1 is 0.964 bits per heavy atom. The highest BCUT2D eigenvalue weighted by Crippen LogP contribution is 2.22. The number of benzene rings is 1. The van der Waals surface area contributed by atoms with Crippen LogP contribution in [-0.2, 0) is 10.0 Å². The topological polar surface area (TPSA) is 84.2 Å². The fourth-order valence-electron chi connectivity index (χ4n) is 3.09. The lowest BCUT2D eigenvalue weighted by Gasteiger charge is -2.34. The maximum absolute atomic E-state index is 12.8. The van der Waals surface area contributed by atoms with Crippen molar-refractivity contribution in [3.05, 3.63) is 59.1 Å². The van der Waals surface area contributed by atoms with Crippen molar-refractivity contribution in [1.82, 2.24) is 24.1 Å². The van der Waals surface area contributed by atoms with Gasteiger partial charge >= 0.3 is 0 Å². The average Bonchev–Trinajstić information content (AvgIpc) is 3.15. The van der Waals surface area contributed by atoms with Crippen molar-refractivity contribution in [2.24, 2.45) is 0 Å². The van der Waals surface area contributed by atoms with E-state index < -0.39 is 10.0 Å². The summed E-state index contributed by atoms with van der Waals surface area (Å²) in [6, 6.07) is 10.5. The second-order valence-corrected chi connectivity index (χ2v) is 9.33. The molecule has 2 aromatic heterocycles. The number of rotatable bonds is 4. The molecule has 4 rings (SSSR count). The van der Waals surface area contributed by atoms with E-state index >= 15 is 0 Å². The van der Waals surface area contributed by atoms with Crippen molar-refractivity contribution in [3.63, 3.8) is 0 Å². The van der Waals surface area contributed by atoms with Crippen LogP contribution in [0.1, 0.15) is 5.69 Å². The lowest BCUT2D eigenvalue weighted by Crippen LogP contribution is -2.48. The first-order valence-corrected chi connectivity index (χ1v) is 11.0. The minimum Gasteiger partial charge on any atom is -0.354 e. The van der Waals surface area contributed by atoms with Crippen LogP contribution in [0.3, 0.4) is 0 Å². The summed E-state index contributed by atoms with van der Waals surface area (Å²) in [5.74, 6) is 1.45. The predicted molar refractivity (Wildman–Crippen MR) is 109 cm³/mol. The van der Waals surface area contributed by atoms with Gasteiger partial charge in [-0.15, -0.1) is 0 Å². The molecule has 0 radical (unpaired) electrons. The van der Waals surface area contributed by atoms with Crippen molar-refractivity contribution in [3.8, 4) is 5.82 Å². The molecule has 8 nitrogen and oxygen atoms in total. The Hall–Kier alpha value is -2.30. The number of hydrogen-bond donors (Lipinski definition) is 0. The van der Waals surface area contributed by atoms with Gasteiger partial charge in [0.1, 0.15) is 12.1 Å². The fraction of sp³-hybridized carbons (Fsp3) is 0.278. The molecule has 1 aromatic carbocycles. The first-order valence-electron chi connectivity index (χ1n) is 8.79. The Bertz CT molecular complexity index is 1080. The van der Waals surface area contributed by atoms with Crippen LogP contribution in [0.4, 0.5) is 5.82 Å². The molecule has 1 saturated heterocycles. The molecule has 0 amide bonds. The van der Waals surface area contributed by atoms with Crippen molar-refractivity contribution >= 4 is 31.8 Å². The van der Waals surface area contributed by atoms with Crippen LogP contribution in [0, 0.1) is 6.92 Å². The first-order chi connectivity index (χ1) is 13.4. The van der Waals surface area contributed by atoms with Gasteiger partial charge in [-0.1, -0.05) is 15.9 Å². The molecule has 0 atom stereocenters. The molecule has 1 fully saturated rings. The number of sulfonamides is 1. The number of hydrogen-bond acceptors (Lipinski definition) is 6. The normalized spacial score (nSPS) is 15.7. The molecule has 0 unspecified atom stereocenters. The monoisotopic (exact) mass is 462 g/mol. The summed E-state index contributed by atoms with van der Waals surface area (Å²) in [6.07, 6.45) is 3.36. The maximum Gasteiger partial charge on any atom is 0.243 e. The largest absolute Gasteiger partial charge is 0.354 e. The summed E-state index contributed by atoms with van der Waals surface area (Å²) in [5.41, 5.74) is 0.909. The minimum atomic E-state index is -3.49. The van der Waals surface area contributed by atoms with Crippen molar-refractivity contribution in [2.75, 3.05) is 31.1 Å². The van der Waals surface area contributed by atoms with Crippen molar-refractivity contribution in [1.29, 1.82) is 0 Å². The zero-order valence-electron chi connectivity index (χ0n) is 15.2. The minimum absolute atomic E-state index is 0.308. The molecule has 0 aliphatic carbocycles. The quantitative estimate of drug-likeness (QED) is 0.590. The Morgan fingerprint density at radius 2 is 1.64 bits per heavy atom. The van der Waals surface area contributed by atoms with E-state index in [1.807, 2.05) is 25.3 Å². The van der Waals surface area contributed by atoms with Gasteiger partial charge in [0, 0.05) is 42.9 Å². The zero-order valence-corrected chi connectivity index (χ0v) is 17.6. The van der Waals surface area contributed by atoms with E-state index in [0.717, 1.165) is 16.0 Å². The highest BCUT2D eigenvalue weighted by Gasteiger charge is 2.29. The third-order valence-corrected chi connectivity index (χ3v) is 7.05. The fourth-order valence-corrected chi connectivity index (χ4v) is 4.78. The van der Waals surface area contributed by atoms with Gasteiger partial charge in [-0.25, -0.2) is 23.1 Å². The smallest absolute Gasteiger partial charge is 0.243 e. The van der Waals surface area contributed by atoms with Crippen molar-refractivity contribution < 1.29 is 8.42 Å². The van der Waals surface area contributed by atoms with Crippen LogP contribution in [0.25, 0.3) is 5.82 Å². The highest BCUT2D eigenvalue weighted by atomic mass is 79.9. The van der Waals surface area contributed by atoms with Gasteiger partial charge in [-0.2, -0.15) is 9.40 Å². The van der Waals surface area contributed by atoms with Crippen LogP contribution >= 0.6 is 15.9 Å². The van der Waals surface area contributed by atoms with E-state index in [-0.39, 0.29) is 0 Å². The molecule has 3 heterocycles. The van der Waals surface area contributed by atoms with E-state index in [9.17, 15) is 8.42 Å². The van der Waals surface area contributed by atoms with Gasteiger partial charge in [0.05, 0.1) is 10.6 Å². The van der Waals surface area contributed by atoms with Gasteiger partial charge in [-0.3, -0.25) is 0 Å². The second-order valence-electron chi connectivity index (χ2n) is 6.48. The van der Waals surface area contributed by atoms with Gasteiger partial charge in [-0.05, 0) is 37.3 Å². The molecule has 3 aromatic rings. The summed E-state index contributed by atoms with van der Waals surface area (Å²) >= 11 is 3.33. The Balaban J connectivity index is 1.48. The summed E-state index contributed by atoms with van der Waals surface area (Å²) < 4.78 is 29.7. The molecule has 0 saturated carbocycles. The molecule has 0 bridgehead atoms. The molecule has 28 heavy (non-hydrogen) atoms. The number of halogens is 1. The standard InChI is InChI=1S/C18H19BrN6O2S/c1-14-6-7-25(22-14)18-12-17(20-13-21-18)23-8-10-24(11-9-23)28(26,27)16-4-2-15(19)3-5-16/h2-7,12-13H,8-11H2,1H3. The first kappa shape index (κ1) is 19.0. The van der Waals surface area contributed by atoms with Crippen LogP contribution in [-0.4, -0.2) is 58.7 Å². The molecular formula is C18H19BrN6O2S. The van der Waals surface area contributed by atoms with E-state index in [2.05, 4.69) is 35.9 Å². The summed E-state index contributed by atoms with van der Waals surface area (Å²) in [7, 11) is -3.49. The number of anilines is 1. The SMILES string of the molecule is Cc1ccn(-c2cc(N3CCN(S(=O)(=O)c4ccc(Br)cc4)CC3)ncn2)n1. The lowest BCUT2D eigenvalue weighted by molar-refractivity contribution is 0.383. The van der Waals surface area contributed by atoms with Crippen LogP contribution in [0.5, 0.6) is 0 Å². The third-order valence-electron chi connectivity index (χ3n) is 4.61.